The zero-order valence-corrected chi connectivity index (χ0v) is 20.4. The fraction of sp³-hybridized carbons (Fsp3) is 0.346. The molecular weight excluding hydrogens is 454 g/mol. The Kier molecular flexibility index (Phi) is 6.88. The first-order chi connectivity index (χ1) is 16.4. The molecule has 3 atom stereocenters. The molecule has 1 aliphatic carbocycles. The monoisotopic (exact) mass is 481 g/mol. The third kappa shape index (κ3) is 4.03. The minimum atomic E-state index is -1.01. The van der Waals surface area contributed by atoms with Crippen molar-refractivity contribution in [3.63, 3.8) is 0 Å². The summed E-state index contributed by atoms with van der Waals surface area (Å²) in [5.41, 5.74) is 2.67. The number of Topliss-reactive ketones (excluding diaryl/α,β-unsaturated/α-hetero) is 1. The number of allylic oxidation sites excluding steroid dienone is 3. The van der Waals surface area contributed by atoms with Gasteiger partial charge in [0.2, 0.25) is 0 Å². The number of dihydropyridines is 1. The van der Waals surface area contributed by atoms with Gasteiger partial charge in [-0.3, -0.25) is 9.59 Å². The van der Waals surface area contributed by atoms with Gasteiger partial charge in [0.15, 0.2) is 5.78 Å². The zero-order valence-electron chi connectivity index (χ0n) is 19.5. The average Bonchev–Trinajstić information content (AvgIpc) is 3.38. The van der Waals surface area contributed by atoms with E-state index in [9.17, 15) is 14.4 Å². The van der Waals surface area contributed by atoms with E-state index in [4.69, 9.17) is 14.2 Å². The fourth-order valence-corrected chi connectivity index (χ4v) is 5.76. The van der Waals surface area contributed by atoms with Gasteiger partial charge in [-0.2, -0.15) is 0 Å². The van der Waals surface area contributed by atoms with E-state index in [0.29, 0.717) is 46.9 Å². The molecule has 0 radical (unpaired) electrons. The molecule has 1 N–H and O–H groups in total. The molecule has 0 saturated heterocycles. The van der Waals surface area contributed by atoms with Crippen LogP contribution in [0.25, 0.3) is 0 Å². The van der Waals surface area contributed by atoms with Crippen molar-refractivity contribution in [2.45, 2.75) is 32.1 Å². The first kappa shape index (κ1) is 23.8. The van der Waals surface area contributed by atoms with E-state index in [0.717, 1.165) is 4.88 Å². The molecule has 0 spiro atoms. The number of hydrogen-bond donors (Lipinski definition) is 1. The van der Waals surface area contributed by atoms with E-state index >= 15 is 0 Å². The van der Waals surface area contributed by atoms with Gasteiger partial charge < -0.3 is 19.5 Å². The Balaban J connectivity index is 1.94. The van der Waals surface area contributed by atoms with Gasteiger partial charge in [-0.1, -0.05) is 24.3 Å². The number of esters is 2. The second-order valence-electron chi connectivity index (χ2n) is 8.14. The molecule has 3 unspecified atom stereocenters. The number of para-hydroxylation sites is 1. The number of ketones is 1. The second kappa shape index (κ2) is 9.85. The number of methoxy groups -OCH3 is 2. The summed E-state index contributed by atoms with van der Waals surface area (Å²) in [6, 6.07) is 11.2. The van der Waals surface area contributed by atoms with Crippen LogP contribution < -0.4 is 10.1 Å². The molecule has 7 nitrogen and oxygen atoms in total. The number of hydrogen-bond acceptors (Lipinski definition) is 8. The van der Waals surface area contributed by atoms with Crippen molar-refractivity contribution >= 4 is 29.1 Å². The van der Waals surface area contributed by atoms with Crippen molar-refractivity contribution in [1.82, 2.24) is 5.32 Å². The van der Waals surface area contributed by atoms with Crippen molar-refractivity contribution in [1.29, 1.82) is 0 Å². The van der Waals surface area contributed by atoms with Gasteiger partial charge in [0, 0.05) is 33.3 Å². The Morgan fingerprint density at radius 3 is 2.53 bits per heavy atom. The molecule has 0 fully saturated rings. The van der Waals surface area contributed by atoms with E-state index in [1.165, 1.54) is 25.6 Å². The molecule has 2 aliphatic rings. The van der Waals surface area contributed by atoms with Gasteiger partial charge in [0.1, 0.15) is 11.7 Å². The Labute approximate surface area is 202 Å². The molecule has 0 amide bonds. The molecule has 178 valence electrons. The fourth-order valence-electron chi connectivity index (χ4n) is 4.90. The third-order valence-corrected chi connectivity index (χ3v) is 7.32. The topological polar surface area (TPSA) is 90.9 Å². The minimum absolute atomic E-state index is 0.319. The average molecular weight is 482 g/mol. The van der Waals surface area contributed by atoms with Gasteiger partial charge in [0.05, 0.1) is 32.3 Å². The summed E-state index contributed by atoms with van der Waals surface area (Å²) in [6.07, 6.45) is 0.431. The number of ether oxygens (including phenoxy) is 3. The van der Waals surface area contributed by atoms with Crippen molar-refractivity contribution in [3.8, 4) is 5.75 Å². The Hall–Kier alpha value is -3.39. The molecule has 1 aromatic carbocycles. The van der Waals surface area contributed by atoms with Crippen LogP contribution in [0.2, 0.25) is 0 Å². The lowest BCUT2D eigenvalue weighted by atomic mass is 9.68. The van der Waals surface area contributed by atoms with Crippen molar-refractivity contribution in [3.05, 3.63) is 74.8 Å². The zero-order chi connectivity index (χ0) is 24.4. The normalized spacial score (nSPS) is 22.1. The number of thiophene rings is 1. The highest BCUT2D eigenvalue weighted by Crippen LogP contribution is 2.50. The maximum absolute atomic E-state index is 14.1. The SMILES string of the molecule is CCOc1ccccc1C1C(C(=O)OC)=C(C)NC2=C1C(=O)C(C(=O)OC)C(c1cccs1)C2. The van der Waals surface area contributed by atoms with Crippen LogP contribution in [0.5, 0.6) is 5.75 Å². The van der Waals surface area contributed by atoms with Crippen LogP contribution in [-0.2, 0) is 23.9 Å². The maximum Gasteiger partial charge on any atom is 0.336 e. The van der Waals surface area contributed by atoms with Crippen LogP contribution in [0.1, 0.15) is 42.5 Å². The Bertz CT molecular complexity index is 1180. The van der Waals surface area contributed by atoms with E-state index in [1.807, 2.05) is 48.7 Å². The van der Waals surface area contributed by atoms with Gasteiger partial charge >= 0.3 is 11.9 Å². The molecule has 1 aromatic heterocycles. The molecule has 2 heterocycles. The quantitative estimate of drug-likeness (QED) is 0.491. The molecule has 0 saturated carbocycles. The van der Waals surface area contributed by atoms with E-state index in [1.54, 1.807) is 6.92 Å². The van der Waals surface area contributed by atoms with Crippen LogP contribution in [0, 0.1) is 5.92 Å². The smallest absolute Gasteiger partial charge is 0.336 e. The predicted octanol–water partition coefficient (Wildman–Crippen LogP) is 4.08. The Morgan fingerprint density at radius 2 is 1.88 bits per heavy atom. The van der Waals surface area contributed by atoms with Crippen molar-refractivity contribution in [2.75, 3.05) is 20.8 Å². The van der Waals surface area contributed by atoms with Crippen LogP contribution in [0.15, 0.2) is 64.3 Å². The van der Waals surface area contributed by atoms with Gasteiger partial charge in [-0.15, -0.1) is 11.3 Å². The Morgan fingerprint density at radius 1 is 1.12 bits per heavy atom. The lowest BCUT2D eigenvalue weighted by Gasteiger charge is -2.39. The van der Waals surface area contributed by atoms with Crippen molar-refractivity contribution in [2.24, 2.45) is 5.92 Å². The van der Waals surface area contributed by atoms with Crippen LogP contribution in [0.4, 0.5) is 0 Å². The largest absolute Gasteiger partial charge is 0.494 e. The number of rotatable bonds is 6. The summed E-state index contributed by atoms with van der Waals surface area (Å²) in [5, 5.41) is 5.21. The number of benzene rings is 1. The highest BCUT2D eigenvalue weighted by atomic mass is 32.1. The number of carbonyl (C=O) groups is 3. The predicted molar refractivity (Wildman–Crippen MR) is 127 cm³/mol. The summed E-state index contributed by atoms with van der Waals surface area (Å²) >= 11 is 1.50. The van der Waals surface area contributed by atoms with Gasteiger partial charge in [0.25, 0.3) is 0 Å². The molecule has 1 aliphatic heterocycles. The van der Waals surface area contributed by atoms with Crippen LogP contribution in [-0.4, -0.2) is 38.5 Å². The number of carbonyl (C=O) groups excluding carboxylic acids is 3. The highest BCUT2D eigenvalue weighted by molar-refractivity contribution is 7.10. The lowest BCUT2D eigenvalue weighted by Crippen LogP contribution is -2.43. The summed E-state index contributed by atoms with van der Waals surface area (Å²) in [6.45, 7) is 4.09. The minimum Gasteiger partial charge on any atom is -0.494 e. The van der Waals surface area contributed by atoms with Gasteiger partial charge in [-0.25, -0.2) is 4.79 Å². The maximum atomic E-state index is 14.1. The van der Waals surface area contributed by atoms with E-state index in [-0.39, 0.29) is 11.7 Å². The van der Waals surface area contributed by atoms with E-state index < -0.39 is 23.8 Å². The first-order valence-electron chi connectivity index (χ1n) is 11.1. The lowest BCUT2D eigenvalue weighted by molar-refractivity contribution is -0.149. The van der Waals surface area contributed by atoms with Crippen LogP contribution in [0.3, 0.4) is 0 Å². The molecular formula is C26H27NO6S. The molecule has 2 aromatic rings. The van der Waals surface area contributed by atoms with Crippen LogP contribution >= 0.6 is 11.3 Å². The van der Waals surface area contributed by atoms with E-state index in [2.05, 4.69) is 5.32 Å². The third-order valence-electron chi connectivity index (χ3n) is 6.32. The molecule has 4 rings (SSSR count). The molecule has 8 heteroatoms. The number of nitrogens with one attached hydrogen (secondary N) is 1. The van der Waals surface area contributed by atoms with Crippen molar-refractivity contribution < 1.29 is 28.6 Å². The molecule has 0 bridgehead atoms. The summed E-state index contributed by atoms with van der Waals surface area (Å²) < 4.78 is 16.0. The first-order valence-corrected chi connectivity index (χ1v) is 12.0. The summed E-state index contributed by atoms with van der Waals surface area (Å²) in [4.78, 5) is 40.9. The highest BCUT2D eigenvalue weighted by Gasteiger charge is 2.49. The summed E-state index contributed by atoms with van der Waals surface area (Å²) in [7, 11) is 2.60. The molecule has 34 heavy (non-hydrogen) atoms. The second-order valence-corrected chi connectivity index (χ2v) is 9.12. The van der Waals surface area contributed by atoms with Gasteiger partial charge in [-0.05, 0) is 37.8 Å². The standard InChI is InChI=1S/C26H27NO6S/c1-5-33-18-10-7-6-9-15(18)21-20(25(29)31-3)14(2)27-17-13-16(19-11-8-12-34-19)22(26(30)32-4)24(28)23(17)21/h6-12,16,21-22,27H,5,13H2,1-4H3. The summed E-state index contributed by atoms with van der Waals surface area (Å²) in [5.74, 6) is -3.03.